The van der Waals surface area contributed by atoms with Gasteiger partial charge in [0.25, 0.3) is 5.69 Å². The number of non-ortho nitro benzene ring substituents is 1. The van der Waals surface area contributed by atoms with Crippen LogP contribution in [-0.2, 0) is 6.54 Å². The molecule has 0 amide bonds. The van der Waals surface area contributed by atoms with Gasteiger partial charge in [-0.05, 0) is 6.92 Å². The highest BCUT2D eigenvalue weighted by molar-refractivity contribution is 7.09. The highest BCUT2D eigenvalue weighted by atomic mass is 32.1. The van der Waals surface area contributed by atoms with Crippen LogP contribution in [0.2, 0.25) is 0 Å². The number of hydrogen-bond donors (Lipinski definition) is 1. The number of aromatic nitrogens is 1. The number of nitro groups is 1. The zero-order chi connectivity index (χ0) is 14.0. The maximum Gasteiger partial charge on any atom is 0.275 e. The second-order valence-electron chi connectivity index (χ2n) is 3.76. The minimum Gasteiger partial charge on any atom is -0.375 e. The van der Waals surface area contributed by atoms with Crippen LogP contribution in [0.15, 0.2) is 17.6 Å². The van der Waals surface area contributed by atoms with Crippen molar-refractivity contribution in [3.05, 3.63) is 50.0 Å². The predicted octanol–water partition coefficient (Wildman–Crippen LogP) is 3.25. The van der Waals surface area contributed by atoms with Crippen molar-refractivity contribution >= 4 is 22.7 Å². The fraction of sp³-hybridized carbons (Fsp3) is 0.182. The molecule has 2 rings (SSSR count). The molecule has 1 aromatic carbocycles. The first-order chi connectivity index (χ1) is 8.99. The summed E-state index contributed by atoms with van der Waals surface area (Å²) in [6.07, 6.45) is 0. The van der Waals surface area contributed by atoms with E-state index in [4.69, 9.17) is 0 Å². The molecular weight excluding hydrogens is 276 g/mol. The second-order valence-corrected chi connectivity index (χ2v) is 4.70. The molecule has 0 saturated carbocycles. The van der Waals surface area contributed by atoms with E-state index < -0.39 is 22.2 Å². The van der Waals surface area contributed by atoms with Crippen molar-refractivity contribution < 1.29 is 13.7 Å². The van der Waals surface area contributed by atoms with E-state index >= 15 is 0 Å². The number of nitrogens with one attached hydrogen (secondary N) is 1. The van der Waals surface area contributed by atoms with Gasteiger partial charge in [-0.15, -0.1) is 11.3 Å². The molecule has 5 nitrogen and oxygen atoms in total. The van der Waals surface area contributed by atoms with Crippen LogP contribution in [0.5, 0.6) is 0 Å². The van der Waals surface area contributed by atoms with Crippen molar-refractivity contribution in [3.63, 3.8) is 0 Å². The van der Waals surface area contributed by atoms with Crippen LogP contribution < -0.4 is 5.32 Å². The fourth-order valence-electron chi connectivity index (χ4n) is 1.50. The average molecular weight is 285 g/mol. The van der Waals surface area contributed by atoms with Crippen molar-refractivity contribution in [3.8, 4) is 0 Å². The van der Waals surface area contributed by atoms with Gasteiger partial charge >= 0.3 is 0 Å². The lowest BCUT2D eigenvalue weighted by Crippen LogP contribution is -2.04. The molecule has 0 saturated heterocycles. The summed E-state index contributed by atoms with van der Waals surface area (Å²) < 4.78 is 27.2. The third kappa shape index (κ3) is 2.84. The molecule has 0 aliphatic rings. The Balaban J connectivity index is 2.21. The van der Waals surface area contributed by atoms with Crippen molar-refractivity contribution in [2.45, 2.75) is 13.5 Å². The number of nitrogens with zero attached hydrogens (tertiary/aromatic N) is 2. The Bertz CT molecular complexity index is 607. The number of nitro benzene ring substituents is 1. The van der Waals surface area contributed by atoms with Crippen molar-refractivity contribution in [1.82, 2.24) is 4.98 Å². The predicted molar refractivity (Wildman–Crippen MR) is 67.2 cm³/mol. The van der Waals surface area contributed by atoms with Crippen LogP contribution in [0.1, 0.15) is 10.6 Å². The summed E-state index contributed by atoms with van der Waals surface area (Å²) in [6, 6.07) is 1.37. The van der Waals surface area contributed by atoms with Crippen LogP contribution in [0.25, 0.3) is 0 Å². The molecule has 0 unspecified atom stereocenters. The molecular formula is C11H9F2N3O2S. The van der Waals surface area contributed by atoms with Gasteiger partial charge in [0.05, 0.1) is 34.8 Å². The van der Waals surface area contributed by atoms with Crippen LogP contribution in [-0.4, -0.2) is 9.91 Å². The maximum atomic E-state index is 13.6. The summed E-state index contributed by atoms with van der Waals surface area (Å²) in [5.74, 6) is -1.98. The number of rotatable bonds is 4. The summed E-state index contributed by atoms with van der Waals surface area (Å²) >= 11 is 1.36. The lowest BCUT2D eigenvalue weighted by Gasteiger charge is -2.07. The van der Waals surface area contributed by atoms with Gasteiger partial charge in [0.1, 0.15) is 5.69 Å². The molecule has 1 N–H and O–H groups in total. The first kappa shape index (κ1) is 13.3. The number of benzene rings is 1. The highest BCUT2D eigenvalue weighted by Crippen LogP contribution is 2.25. The summed E-state index contributed by atoms with van der Waals surface area (Å²) in [6.45, 7) is 2.00. The van der Waals surface area contributed by atoms with E-state index in [1.165, 1.54) is 11.3 Å². The number of aryl methyl sites for hydroxylation is 1. The molecule has 0 radical (unpaired) electrons. The van der Waals surface area contributed by atoms with E-state index in [9.17, 15) is 18.9 Å². The zero-order valence-electron chi connectivity index (χ0n) is 9.81. The highest BCUT2D eigenvalue weighted by Gasteiger charge is 2.17. The molecule has 8 heteroatoms. The molecule has 0 aliphatic heterocycles. The van der Waals surface area contributed by atoms with Crippen LogP contribution >= 0.6 is 11.3 Å². The maximum absolute atomic E-state index is 13.6. The van der Waals surface area contributed by atoms with Gasteiger partial charge in [0.2, 0.25) is 0 Å². The van der Waals surface area contributed by atoms with Gasteiger partial charge in [-0.3, -0.25) is 10.1 Å². The van der Waals surface area contributed by atoms with Gasteiger partial charge in [-0.1, -0.05) is 0 Å². The minimum atomic E-state index is -0.992. The smallest absolute Gasteiger partial charge is 0.275 e. The molecule has 0 atom stereocenters. The summed E-state index contributed by atoms with van der Waals surface area (Å²) in [5.41, 5.74) is 1.42. The van der Waals surface area contributed by atoms with Gasteiger partial charge in [0, 0.05) is 4.88 Å². The number of thiazole rings is 1. The van der Waals surface area contributed by atoms with E-state index in [1.807, 2.05) is 0 Å². The normalized spacial score (nSPS) is 10.5. The Morgan fingerprint density at radius 3 is 2.53 bits per heavy atom. The Morgan fingerprint density at radius 1 is 1.42 bits per heavy atom. The van der Waals surface area contributed by atoms with E-state index in [0.29, 0.717) is 12.1 Å². The van der Waals surface area contributed by atoms with Crippen LogP contribution in [0, 0.1) is 28.7 Å². The second kappa shape index (κ2) is 5.27. The van der Waals surface area contributed by atoms with Gasteiger partial charge in [-0.2, -0.15) is 0 Å². The van der Waals surface area contributed by atoms with Crippen LogP contribution in [0.3, 0.4) is 0 Å². The van der Waals surface area contributed by atoms with E-state index in [2.05, 4.69) is 10.3 Å². The molecule has 100 valence electrons. The van der Waals surface area contributed by atoms with Gasteiger partial charge in [-0.25, -0.2) is 13.8 Å². The molecule has 0 aliphatic carbocycles. The molecule has 0 bridgehead atoms. The molecule has 1 aromatic heterocycles. The molecule has 1 heterocycles. The number of anilines is 1. The minimum absolute atomic E-state index is 0.210. The van der Waals surface area contributed by atoms with E-state index in [-0.39, 0.29) is 12.2 Å². The standard InChI is InChI=1S/C11H9F2N3O2S/c1-6-10(19-5-15-6)4-14-11-8(12)2-7(16(17)18)3-9(11)13/h2-3,5,14H,4H2,1H3. The first-order valence-corrected chi connectivity index (χ1v) is 6.13. The average Bonchev–Trinajstić information content (AvgIpc) is 2.73. The third-order valence-electron chi connectivity index (χ3n) is 2.51. The quantitative estimate of drug-likeness (QED) is 0.691. The topological polar surface area (TPSA) is 68.1 Å². The molecule has 19 heavy (non-hydrogen) atoms. The van der Waals surface area contributed by atoms with E-state index in [1.54, 1.807) is 12.4 Å². The monoisotopic (exact) mass is 285 g/mol. The van der Waals surface area contributed by atoms with E-state index in [0.717, 1.165) is 10.6 Å². The molecule has 2 aromatic rings. The lowest BCUT2D eigenvalue weighted by molar-refractivity contribution is -0.385. The summed E-state index contributed by atoms with van der Waals surface area (Å²) in [7, 11) is 0. The summed E-state index contributed by atoms with van der Waals surface area (Å²) in [4.78, 5) is 14.5. The lowest BCUT2D eigenvalue weighted by atomic mass is 10.2. The largest absolute Gasteiger partial charge is 0.375 e. The fourth-order valence-corrected chi connectivity index (χ4v) is 2.22. The SMILES string of the molecule is Cc1ncsc1CNc1c(F)cc([N+](=O)[O-])cc1F. The number of hydrogen-bond acceptors (Lipinski definition) is 5. The first-order valence-electron chi connectivity index (χ1n) is 5.25. The van der Waals surface area contributed by atoms with Crippen molar-refractivity contribution in [1.29, 1.82) is 0 Å². The molecule has 0 spiro atoms. The Morgan fingerprint density at radius 2 is 2.05 bits per heavy atom. The Labute approximate surface area is 111 Å². The van der Waals surface area contributed by atoms with Crippen molar-refractivity contribution in [2.75, 3.05) is 5.32 Å². The van der Waals surface area contributed by atoms with Gasteiger partial charge in [0.15, 0.2) is 11.6 Å². The van der Waals surface area contributed by atoms with Crippen molar-refractivity contribution in [2.24, 2.45) is 0 Å². The summed E-state index contributed by atoms with van der Waals surface area (Å²) in [5, 5.41) is 13.0. The third-order valence-corrected chi connectivity index (χ3v) is 3.44. The zero-order valence-corrected chi connectivity index (χ0v) is 10.6. The number of halogens is 2. The Hall–Kier alpha value is -2.09. The van der Waals surface area contributed by atoms with Crippen LogP contribution in [0.4, 0.5) is 20.2 Å². The molecule has 0 fully saturated rings. The Kier molecular flexibility index (Phi) is 3.70. The van der Waals surface area contributed by atoms with Gasteiger partial charge < -0.3 is 5.32 Å².